The Balaban J connectivity index is 0.00000312. The number of halogens is 1. The molecule has 0 spiro atoms. The first-order valence-corrected chi connectivity index (χ1v) is 9.29. The Kier molecular flexibility index (Phi) is 11.0. The second-order valence-electron chi connectivity index (χ2n) is 6.45. The predicted molar refractivity (Wildman–Crippen MR) is 114 cm³/mol. The first-order chi connectivity index (χ1) is 11.7. The van der Waals surface area contributed by atoms with E-state index in [0.717, 1.165) is 50.3 Å². The van der Waals surface area contributed by atoms with Gasteiger partial charge in [-0.25, -0.2) is 0 Å². The van der Waals surface area contributed by atoms with E-state index in [2.05, 4.69) is 49.1 Å². The molecule has 25 heavy (non-hydrogen) atoms. The Morgan fingerprint density at radius 1 is 1.28 bits per heavy atom. The standard InChI is InChI=1S/C17H33N7.HI/c1-4-16-22-21-14-24(16)13-10-20-17(18-3)19-9-7-12-23-11-6-5-8-15(23)2;/h14-15H,4-13H2,1-3H3,(H2,18,19,20);1H. The summed E-state index contributed by atoms with van der Waals surface area (Å²) in [6.45, 7) is 9.49. The zero-order valence-electron chi connectivity index (χ0n) is 15.9. The summed E-state index contributed by atoms with van der Waals surface area (Å²) < 4.78 is 2.08. The maximum Gasteiger partial charge on any atom is 0.191 e. The number of likely N-dealkylation sites (tertiary alicyclic amines) is 1. The summed E-state index contributed by atoms with van der Waals surface area (Å²) in [7, 11) is 1.82. The zero-order chi connectivity index (χ0) is 17.2. The van der Waals surface area contributed by atoms with E-state index >= 15 is 0 Å². The molecule has 2 heterocycles. The molecule has 2 N–H and O–H groups in total. The van der Waals surface area contributed by atoms with Gasteiger partial charge in [-0.15, -0.1) is 34.2 Å². The number of aromatic nitrogens is 3. The van der Waals surface area contributed by atoms with Crippen LogP contribution in [0.25, 0.3) is 0 Å². The lowest BCUT2D eigenvalue weighted by Gasteiger charge is -2.33. The van der Waals surface area contributed by atoms with Crippen LogP contribution >= 0.6 is 24.0 Å². The van der Waals surface area contributed by atoms with E-state index in [0.29, 0.717) is 0 Å². The van der Waals surface area contributed by atoms with Gasteiger partial charge in [-0.1, -0.05) is 13.3 Å². The number of aryl methyl sites for hydroxylation is 1. The van der Waals surface area contributed by atoms with Crippen LogP contribution in [-0.4, -0.2) is 64.9 Å². The molecule has 0 aromatic carbocycles. The van der Waals surface area contributed by atoms with E-state index in [1.54, 1.807) is 6.33 Å². The van der Waals surface area contributed by atoms with Crippen LogP contribution in [-0.2, 0) is 13.0 Å². The number of nitrogens with one attached hydrogen (secondary N) is 2. The first-order valence-electron chi connectivity index (χ1n) is 9.29. The van der Waals surface area contributed by atoms with Gasteiger partial charge in [-0.3, -0.25) is 4.99 Å². The molecule has 1 unspecified atom stereocenters. The summed E-state index contributed by atoms with van der Waals surface area (Å²) in [6.07, 6.45) is 7.93. The molecular weight excluding hydrogens is 429 g/mol. The van der Waals surface area contributed by atoms with Gasteiger partial charge in [-0.05, 0) is 32.7 Å². The monoisotopic (exact) mass is 463 g/mol. The summed E-state index contributed by atoms with van der Waals surface area (Å²) in [5.74, 6) is 1.89. The maximum absolute atomic E-state index is 4.29. The Morgan fingerprint density at radius 2 is 2.08 bits per heavy atom. The lowest BCUT2D eigenvalue weighted by molar-refractivity contribution is 0.159. The minimum absolute atomic E-state index is 0. The summed E-state index contributed by atoms with van der Waals surface area (Å²) in [5.41, 5.74) is 0. The molecule has 2 rings (SSSR count). The molecule has 1 atom stereocenters. The molecule has 1 aliphatic heterocycles. The van der Waals surface area contributed by atoms with Crippen molar-refractivity contribution in [1.29, 1.82) is 0 Å². The van der Waals surface area contributed by atoms with Gasteiger partial charge in [0, 0.05) is 45.7 Å². The fraction of sp³-hybridized carbons (Fsp3) is 0.824. The van der Waals surface area contributed by atoms with Crippen LogP contribution in [0.3, 0.4) is 0 Å². The van der Waals surface area contributed by atoms with E-state index in [1.807, 2.05) is 7.05 Å². The summed E-state index contributed by atoms with van der Waals surface area (Å²) in [5, 5.41) is 14.8. The highest BCUT2D eigenvalue weighted by Crippen LogP contribution is 2.15. The lowest BCUT2D eigenvalue weighted by atomic mass is 10.0. The molecule has 1 aromatic rings. The topological polar surface area (TPSA) is 70.4 Å². The van der Waals surface area contributed by atoms with Gasteiger partial charge in [0.05, 0.1) is 0 Å². The molecule has 0 aliphatic carbocycles. The zero-order valence-corrected chi connectivity index (χ0v) is 18.2. The number of aliphatic imine (C=N–C) groups is 1. The molecular formula is C17H34IN7. The molecule has 8 heteroatoms. The van der Waals surface area contributed by atoms with Crippen LogP contribution in [0.4, 0.5) is 0 Å². The van der Waals surface area contributed by atoms with Gasteiger partial charge in [0.2, 0.25) is 0 Å². The SMILES string of the molecule is CCc1nncn1CCNC(=NC)NCCCN1CCCCC1C.I. The number of nitrogens with zero attached hydrogens (tertiary/aromatic N) is 5. The first kappa shape index (κ1) is 22.1. The summed E-state index contributed by atoms with van der Waals surface area (Å²) >= 11 is 0. The third-order valence-electron chi connectivity index (χ3n) is 4.74. The minimum Gasteiger partial charge on any atom is -0.356 e. The third kappa shape index (κ3) is 7.47. The van der Waals surface area contributed by atoms with Crippen LogP contribution in [0.15, 0.2) is 11.3 Å². The number of hydrogen-bond acceptors (Lipinski definition) is 4. The van der Waals surface area contributed by atoms with Crippen molar-refractivity contribution in [2.75, 3.05) is 33.2 Å². The minimum atomic E-state index is 0. The van der Waals surface area contributed by atoms with E-state index in [-0.39, 0.29) is 24.0 Å². The van der Waals surface area contributed by atoms with Crippen molar-refractivity contribution in [1.82, 2.24) is 30.3 Å². The van der Waals surface area contributed by atoms with Crippen molar-refractivity contribution < 1.29 is 0 Å². The van der Waals surface area contributed by atoms with Crippen LogP contribution in [0.1, 0.15) is 45.4 Å². The van der Waals surface area contributed by atoms with Gasteiger partial charge in [0.25, 0.3) is 0 Å². The van der Waals surface area contributed by atoms with Gasteiger partial charge < -0.3 is 20.1 Å². The molecule has 0 saturated carbocycles. The van der Waals surface area contributed by atoms with Crippen molar-refractivity contribution in [3.8, 4) is 0 Å². The fourth-order valence-corrected chi connectivity index (χ4v) is 3.23. The molecule has 0 bridgehead atoms. The second-order valence-corrected chi connectivity index (χ2v) is 6.45. The molecule has 1 fully saturated rings. The summed E-state index contributed by atoms with van der Waals surface area (Å²) in [4.78, 5) is 6.90. The van der Waals surface area contributed by atoms with Gasteiger partial charge in [-0.2, -0.15) is 0 Å². The van der Waals surface area contributed by atoms with Crippen LogP contribution in [0.2, 0.25) is 0 Å². The number of guanidine groups is 1. The highest BCUT2D eigenvalue weighted by atomic mass is 127. The van der Waals surface area contributed by atoms with Crippen LogP contribution in [0, 0.1) is 0 Å². The number of hydrogen-bond donors (Lipinski definition) is 2. The van der Waals surface area contributed by atoms with E-state index in [9.17, 15) is 0 Å². The highest BCUT2D eigenvalue weighted by molar-refractivity contribution is 14.0. The predicted octanol–water partition coefficient (Wildman–Crippen LogP) is 1.89. The largest absolute Gasteiger partial charge is 0.356 e. The lowest BCUT2D eigenvalue weighted by Crippen LogP contribution is -2.42. The van der Waals surface area contributed by atoms with Gasteiger partial charge >= 0.3 is 0 Å². The average molecular weight is 463 g/mol. The molecule has 7 nitrogen and oxygen atoms in total. The third-order valence-corrected chi connectivity index (χ3v) is 4.74. The maximum atomic E-state index is 4.29. The molecule has 1 saturated heterocycles. The van der Waals surface area contributed by atoms with Crippen molar-refractivity contribution in [2.24, 2.45) is 4.99 Å². The van der Waals surface area contributed by atoms with Crippen LogP contribution in [0.5, 0.6) is 0 Å². The Morgan fingerprint density at radius 3 is 2.80 bits per heavy atom. The van der Waals surface area contributed by atoms with Crippen molar-refractivity contribution in [3.63, 3.8) is 0 Å². The molecule has 144 valence electrons. The Labute approximate surface area is 169 Å². The second kappa shape index (κ2) is 12.5. The quantitative estimate of drug-likeness (QED) is 0.267. The number of rotatable bonds is 8. The molecule has 1 aromatic heterocycles. The smallest absolute Gasteiger partial charge is 0.191 e. The Bertz CT molecular complexity index is 503. The van der Waals surface area contributed by atoms with Gasteiger partial charge in [0.15, 0.2) is 5.96 Å². The number of piperidine rings is 1. The normalized spacial score (nSPS) is 18.7. The van der Waals surface area contributed by atoms with Gasteiger partial charge in [0.1, 0.15) is 12.2 Å². The molecule has 0 radical (unpaired) electrons. The van der Waals surface area contributed by atoms with E-state index in [4.69, 9.17) is 0 Å². The Hall–Kier alpha value is -0.900. The van der Waals surface area contributed by atoms with Crippen molar-refractivity contribution in [2.45, 2.75) is 58.5 Å². The summed E-state index contributed by atoms with van der Waals surface area (Å²) in [6, 6.07) is 0.743. The van der Waals surface area contributed by atoms with E-state index < -0.39 is 0 Å². The average Bonchev–Trinajstić information content (AvgIpc) is 3.06. The molecule has 1 aliphatic rings. The fourth-order valence-electron chi connectivity index (χ4n) is 3.23. The molecule has 0 amide bonds. The van der Waals surface area contributed by atoms with Crippen molar-refractivity contribution in [3.05, 3.63) is 12.2 Å². The van der Waals surface area contributed by atoms with Crippen molar-refractivity contribution >= 4 is 29.9 Å². The highest BCUT2D eigenvalue weighted by Gasteiger charge is 2.17. The van der Waals surface area contributed by atoms with Crippen LogP contribution < -0.4 is 10.6 Å². The van der Waals surface area contributed by atoms with E-state index in [1.165, 1.54) is 32.4 Å².